The normalized spacial score (nSPS) is 12.2. The van der Waals surface area contributed by atoms with Crippen LogP contribution in [0.2, 0.25) is 0 Å². The minimum absolute atomic E-state index is 0.0414. The second-order valence-corrected chi connectivity index (χ2v) is 4.26. The maximum absolute atomic E-state index is 12.0. The fourth-order valence-electron chi connectivity index (χ4n) is 1.86. The first-order valence-corrected chi connectivity index (χ1v) is 6.36. The van der Waals surface area contributed by atoms with Crippen LogP contribution in [-0.4, -0.2) is 28.8 Å². The Morgan fingerprint density at radius 3 is 2.67 bits per heavy atom. The molecule has 0 spiro atoms. The molecule has 0 saturated heterocycles. The minimum atomic E-state index is -0.289. The average molecular weight is 251 g/mol. The van der Waals surface area contributed by atoms with Crippen LogP contribution in [-0.2, 0) is 6.42 Å². The lowest BCUT2D eigenvalue weighted by molar-refractivity contribution is 0.0926. The summed E-state index contributed by atoms with van der Waals surface area (Å²) in [4.78, 5) is 12.0. The van der Waals surface area contributed by atoms with Crippen molar-refractivity contribution >= 4 is 5.91 Å². The molecule has 100 valence electrons. The average Bonchev–Trinajstić information content (AvgIpc) is 2.38. The van der Waals surface area contributed by atoms with Gasteiger partial charge in [-0.15, -0.1) is 0 Å². The van der Waals surface area contributed by atoms with Crippen molar-refractivity contribution in [2.24, 2.45) is 0 Å². The highest BCUT2D eigenvalue weighted by Gasteiger charge is 2.16. The molecule has 0 aliphatic carbocycles. The summed E-state index contributed by atoms with van der Waals surface area (Å²) in [5.41, 5.74) is 1.06. The molecule has 1 amide bonds. The number of aliphatic hydroxyl groups excluding tert-OH is 1. The number of hydrogen-bond donors (Lipinski definition) is 3. The molecular weight excluding hydrogens is 230 g/mol. The molecule has 0 aromatic heterocycles. The molecule has 1 rings (SSSR count). The van der Waals surface area contributed by atoms with Gasteiger partial charge in [-0.25, -0.2) is 0 Å². The summed E-state index contributed by atoms with van der Waals surface area (Å²) in [7, 11) is 0. The first-order chi connectivity index (χ1) is 8.63. The fraction of sp³-hybridized carbons (Fsp3) is 0.500. The van der Waals surface area contributed by atoms with E-state index < -0.39 is 0 Å². The molecule has 4 heteroatoms. The summed E-state index contributed by atoms with van der Waals surface area (Å²) in [5.74, 6) is -0.237. The highest BCUT2D eigenvalue weighted by molar-refractivity contribution is 5.97. The Balaban J connectivity index is 2.84. The molecule has 18 heavy (non-hydrogen) atoms. The molecule has 3 N–H and O–H groups in total. The Morgan fingerprint density at radius 1 is 1.39 bits per heavy atom. The molecule has 0 saturated carbocycles. The Bertz CT molecular complexity index is 404. The van der Waals surface area contributed by atoms with E-state index >= 15 is 0 Å². The van der Waals surface area contributed by atoms with E-state index in [1.54, 1.807) is 18.2 Å². The van der Waals surface area contributed by atoms with Gasteiger partial charge in [0.1, 0.15) is 5.75 Å². The van der Waals surface area contributed by atoms with Crippen LogP contribution < -0.4 is 5.32 Å². The van der Waals surface area contributed by atoms with Crippen molar-refractivity contribution < 1.29 is 15.0 Å². The smallest absolute Gasteiger partial charge is 0.255 e. The number of benzene rings is 1. The van der Waals surface area contributed by atoms with Gasteiger partial charge in [0, 0.05) is 12.6 Å². The van der Waals surface area contributed by atoms with Crippen LogP contribution in [0.1, 0.15) is 42.6 Å². The molecule has 1 aromatic carbocycles. The van der Waals surface area contributed by atoms with Gasteiger partial charge in [0.15, 0.2) is 0 Å². The zero-order valence-corrected chi connectivity index (χ0v) is 10.9. The van der Waals surface area contributed by atoms with E-state index in [0.717, 1.165) is 12.0 Å². The van der Waals surface area contributed by atoms with Crippen LogP contribution in [0.5, 0.6) is 5.75 Å². The first-order valence-electron chi connectivity index (χ1n) is 6.36. The largest absolute Gasteiger partial charge is 0.507 e. The number of aliphatic hydroxyl groups is 1. The SMILES string of the molecule is CCc1cccc(C(=O)NC(CC)CCO)c1O. The molecule has 0 aliphatic rings. The number of phenolic OH excluding ortho intramolecular Hbond substituents is 1. The van der Waals surface area contributed by atoms with Crippen LogP contribution in [0.4, 0.5) is 0 Å². The maximum Gasteiger partial charge on any atom is 0.255 e. The lowest BCUT2D eigenvalue weighted by atomic mass is 10.1. The van der Waals surface area contributed by atoms with Crippen molar-refractivity contribution in [3.05, 3.63) is 29.3 Å². The second kappa shape index (κ2) is 7.01. The van der Waals surface area contributed by atoms with Gasteiger partial charge >= 0.3 is 0 Å². The topological polar surface area (TPSA) is 69.6 Å². The van der Waals surface area contributed by atoms with Crippen LogP contribution in [0.25, 0.3) is 0 Å². The standard InChI is InChI=1S/C14H21NO3/c1-3-10-6-5-7-12(13(10)17)14(18)15-11(4-2)8-9-16/h5-7,11,16-17H,3-4,8-9H2,1-2H3,(H,15,18). The van der Waals surface area contributed by atoms with E-state index in [1.165, 1.54) is 0 Å². The van der Waals surface area contributed by atoms with Gasteiger partial charge in [0.25, 0.3) is 5.91 Å². The van der Waals surface area contributed by atoms with Crippen LogP contribution in [0, 0.1) is 0 Å². The minimum Gasteiger partial charge on any atom is -0.507 e. The van der Waals surface area contributed by atoms with E-state index in [2.05, 4.69) is 5.32 Å². The third-order valence-electron chi connectivity index (χ3n) is 3.05. The summed E-state index contributed by atoms with van der Waals surface area (Å²) >= 11 is 0. The van der Waals surface area contributed by atoms with Crippen molar-refractivity contribution in [1.29, 1.82) is 0 Å². The number of amides is 1. The predicted octanol–water partition coefficient (Wildman–Crippen LogP) is 1.85. The van der Waals surface area contributed by atoms with Gasteiger partial charge in [0.2, 0.25) is 0 Å². The number of aryl methyl sites for hydroxylation is 1. The Kier molecular flexibility index (Phi) is 5.65. The van der Waals surface area contributed by atoms with Gasteiger partial charge < -0.3 is 15.5 Å². The fourth-order valence-corrected chi connectivity index (χ4v) is 1.86. The molecular formula is C14H21NO3. The Labute approximate surface area is 108 Å². The lowest BCUT2D eigenvalue weighted by Gasteiger charge is -2.16. The molecule has 0 radical (unpaired) electrons. The second-order valence-electron chi connectivity index (χ2n) is 4.26. The van der Waals surface area contributed by atoms with E-state index in [0.29, 0.717) is 18.4 Å². The van der Waals surface area contributed by atoms with Crippen LogP contribution >= 0.6 is 0 Å². The number of carbonyl (C=O) groups excluding carboxylic acids is 1. The third kappa shape index (κ3) is 3.47. The lowest BCUT2D eigenvalue weighted by Crippen LogP contribution is -2.35. The molecule has 0 bridgehead atoms. The number of rotatable bonds is 6. The van der Waals surface area contributed by atoms with Gasteiger partial charge in [0.05, 0.1) is 5.56 Å². The van der Waals surface area contributed by atoms with Gasteiger partial charge in [-0.05, 0) is 30.9 Å². The summed E-state index contributed by atoms with van der Waals surface area (Å²) < 4.78 is 0. The highest BCUT2D eigenvalue weighted by atomic mass is 16.3. The number of carbonyl (C=O) groups is 1. The van der Waals surface area contributed by atoms with E-state index in [9.17, 15) is 9.90 Å². The molecule has 0 heterocycles. The van der Waals surface area contributed by atoms with Crippen LogP contribution in [0.15, 0.2) is 18.2 Å². The Hall–Kier alpha value is -1.55. The van der Waals surface area contributed by atoms with E-state index in [4.69, 9.17) is 5.11 Å². The first kappa shape index (κ1) is 14.5. The van der Waals surface area contributed by atoms with Gasteiger partial charge in [-0.2, -0.15) is 0 Å². The zero-order valence-electron chi connectivity index (χ0n) is 10.9. The number of phenols is 1. The number of aromatic hydroxyl groups is 1. The summed E-state index contributed by atoms with van der Waals surface area (Å²) in [6.45, 7) is 3.92. The van der Waals surface area contributed by atoms with Gasteiger partial charge in [-0.3, -0.25) is 4.79 Å². The molecule has 0 fully saturated rings. The van der Waals surface area contributed by atoms with Crippen LogP contribution in [0.3, 0.4) is 0 Å². The maximum atomic E-state index is 12.0. The molecule has 1 atom stereocenters. The highest BCUT2D eigenvalue weighted by Crippen LogP contribution is 2.22. The van der Waals surface area contributed by atoms with E-state index in [1.807, 2.05) is 13.8 Å². The quantitative estimate of drug-likeness (QED) is 0.722. The monoisotopic (exact) mass is 251 g/mol. The molecule has 1 unspecified atom stereocenters. The van der Waals surface area contributed by atoms with Crippen molar-refractivity contribution in [2.45, 2.75) is 39.2 Å². The molecule has 1 aromatic rings. The summed E-state index contributed by atoms with van der Waals surface area (Å²) in [6, 6.07) is 5.11. The molecule has 0 aliphatic heterocycles. The summed E-state index contributed by atoms with van der Waals surface area (Å²) in [5, 5.41) is 21.7. The number of para-hydroxylation sites is 1. The predicted molar refractivity (Wildman–Crippen MR) is 70.7 cm³/mol. The number of nitrogens with one attached hydrogen (secondary N) is 1. The van der Waals surface area contributed by atoms with Gasteiger partial charge in [-0.1, -0.05) is 26.0 Å². The van der Waals surface area contributed by atoms with E-state index in [-0.39, 0.29) is 24.3 Å². The molecule has 4 nitrogen and oxygen atoms in total. The van der Waals surface area contributed by atoms with Crippen molar-refractivity contribution in [3.63, 3.8) is 0 Å². The number of hydrogen-bond acceptors (Lipinski definition) is 3. The van der Waals surface area contributed by atoms with Crippen molar-refractivity contribution in [1.82, 2.24) is 5.32 Å². The Morgan fingerprint density at radius 2 is 2.11 bits per heavy atom. The zero-order chi connectivity index (χ0) is 13.5. The van der Waals surface area contributed by atoms with Crippen molar-refractivity contribution in [2.75, 3.05) is 6.61 Å². The summed E-state index contributed by atoms with van der Waals surface area (Å²) in [6.07, 6.45) is 1.96. The third-order valence-corrected chi connectivity index (χ3v) is 3.05. The van der Waals surface area contributed by atoms with Crippen molar-refractivity contribution in [3.8, 4) is 5.75 Å².